The van der Waals surface area contributed by atoms with E-state index in [-0.39, 0.29) is 11.9 Å². The molecule has 140 valence electrons. The average molecular weight is 382 g/mol. The van der Waals surface area contributed by atoms with Gasteiger partial charge in [-0.15, -0.1) is 0 Å². The summed E-state index contributed by atoms with van der Waals surface area (Å²) in [7, 11) is 0. The number of rotatable bonds is 4. The summed E-state index contributed by atoms with van der Waals surface area (Å²) in [4.78, 5) is 17.9. The SMILES string of the molecule is Cc1cc(C)c2nc(-c3ccc(Cl)cc3)c(C)c(C(=O)OCC(C)C)c2c1. The number of aromatic nitrogens is 1. The van der Waals surface area contributed by atoms with Gasteiger partial charge in [0.15, 0.2) is 0 Å². The fourth-order valence-electron chi connectivity index (χ4n) is 3.28. The molecule has 0 saturated carbocycles. The highest BCUT2D eigenvalue weighted by Gasteiger charge is 2.21. The highest BCUT2D eigenvalue weighted by atomic mass is 35.5. The van der Waals surface area contributed by atoms with E-state index < -0.39 is 0 Å². The summed E-state index contributed by atoms with van der Waals surface area (Å²) < 4.78 is 5.58. The molecule has 3 rings (SSSR count). The Morgan fingerprint density at radius 3 is 2.41 bits per heavy atom. The first-order valence-electron chi connectivity index (χ1n) is 9.12. The molecule has 0 N–H and O–H groups in total. The molecule has 0 radical (unpaired) electrons. The summed E-state index contributed by atoms with van der Waals surface area (Å²) in [5.74, 6) is -0.0182. The summed E-state index contributed by atoms with van der Waals surface area (Å²) in [5, 5.41) is 1.51. The molecule has 3 aromatic rings. The van der Waals surface area contributed by atoms with Crippen molar-refractivity contribution in [3.63, 3.8) is 0 Å². The number of carbonyl (C=O) groups is 1. The molecule has 0 bridgehead atoms. The monoisotopic (exact) mass is 381 g/mol. The van der Waals surface area contributed by atoms with Gasteiger partial charge in [0.2, 0.25) is 0 Å². The van der Waals surface area contributed by atoms with Crippen LogP contribution in [0.2, 0.25) is 5.02 Å². The summed E-state index contributed by atoms with van der Waals surface area (Å²) in [6.45, 7) is 10.4. The van der Waals surface area contributed by atoms with Crippen molar-refractivity contribution in [3.8, 4) is 11.3 Å². The minimum atomic E-state index is -0.297. The Morgan fingerprint density at radius 2 is 1.78 bits per heavy atom. The molecule has 4 heteroatoms. The molecule has 0 atom stereocenters. The summed E-state index contributed by atoms with van der Waals surface area (Å²) in [6.07, 6.45) is 0. The lowest BCUT2D eigenvalue weighted by Gasteiger charge is -2.16. The standard InChI is InChI=1S/C23H24ClNO2/c1-13(2)12-27-23(26)20-16(5)22(17-6-8-18(24)9-7-17)25-21-15(4)10-14(3)11-19(20)21/h6-11,13H,12H2,1-5H3. The lowest BCUT2D eigenvalue weighted by Crippen LogP contribution is -2.13. The van der Waals surface area contributed by atoms with Crippen LogP contribution in [0.1, 0.15) is 40.9 Å². The second-order valence-corrected chi connectivity index (χ2v) is 7.87. The minimum absolute atomic E-state index is 0.279. The lowest BCUT2D eigenvalue weighted by molar-refractivity contribution is 0.0460. The van der Waals surface area contributed by atoms with Crippen LogP contribution in [0.15, 0.2) is 36.4 Å². The molecule has 0 saturated heterocycles. The van der Waals surface area contributed by atoms with Crippen LogP contribution >= 0.6 is 11.6 Å². The van der Waals surface area contributed by atoms with E-state index in [1.54, 1.807) is 0 Å². The van der Waals surface area contributed by atoms with Crippen molar-refractivity contribution in [2.24, 2.45) is 5.92 Å². The first kappa shape index (κ1) is 19.4. The number of halogens is 1. The third kappa shape index (κ3) is 3.98. The van der Waals surface area contributed by atoms with Crippen molar-refractivity contribution >= 4 is 28.5 Å². The van der Waals surface area contributed by atoms with Crippen LogP contribution in [0.4, 0.5) is 0 Å². The number of nitrogens with zero attached hydrogens (tertiary/aromatic N) is 1. The van der Waals surface area contributed by atoms with Crippen molar-refractivity contribution in [2.75, 3.05) is 6.61 Å². The zero-order chi connectivity index (χ0) is 19.7. The molecule has 27 heavy (non-hydrogen) atoms. The van der Waals surface area contributed by atoms with Crippen LogP contribution in [-0.2, 0) is 4.74 Å². The number of esters is 1. The van der Waals surface area contributed by atoms with Gasteiger partial charge in [0.05, 0.1) is 23.4 Å². The quantitative estimate of drug-likeness (QED) is 0.498. The molecule has 0 spiro atoms. The second-order valence-electron chi connectivity index (χ2n) is 7.44. The van der Waals surface area contributed by atoms with E-state index in [9.17, 15) is 4.79 Å². The van der Waals surface area contributed by atoms with Crippen LogP contribution < -0.4 is 0 Å². The van der Waals surface area contributed by atoms with E-state index >= 15 is 0 Å². The molecule has 0 aliphatic rings. The molecule has 1 heterocycles. The van der Waals surface area contributed by atoms with Gasteiger partial charge < -0.3 is 4.74 Å². The van der Waals surface area contributed by atoms with Gasteiger partial charge in [-0.1, -0.05) is 49.2 Å². The first-order valence-corrected chi connectivity index (χ1v) is 9.50. The average Bonchev–Trinajstić information content (AvgIpc) is 2.60. The van der Waals surface area contributed by atoms with Gasteiger partial charge in [-0.3, -0.25) is 0 Å². The maximum absolute atomic E-state index is 13.0. The fourth-order valence-corrected chi connectivity index (χ4v) is 3.41. The van der Waals surface area contributed by atoms with E-state index in [0.717, 1.165) is 38.9 Å². The van der Waals surface area contributed by atoms with E-state index in [1.807, 2.05) is 65.0 Å². The van der Waals surface area contributed by atoms with Crippen LogP contribution in [0.5, 0.6) is 0 Å². The Labute approximate surface area is 165 Å². The predicted molar refractivity (Wildman–Crippen MR) is 112 cm³/mol. The molecular weight excluding hydrogens is 358 g/mol. The molecule has 1 aromatic heterocycles. The van der Waals surface area contributed by atoms with Gasteiger partial charge in [-0.2, -0.15) is 0 Å². The van der Waals surface area contributed by atoms with Crippen LogP contribution in [0, 0.1) is 26.7 Å². The topological polar surface area (TPSA) is 39.2 Å². The van der Waals surface area contributed by atoms with Gasteiger partial charge in [-0.05, 0) is 56.0 Å². The third-order valence-corrected chi connectivity index (χ3v) is 4.79. The molecule has 0 unspecified atom stereocenters. The Bertz CT molecular complexity index is 1010. The maximum atomic E-state index is 13.0. The van der Waals surface area contributed by atoms with Crippen molar-refractivity contribution in [1.29, 1.82) is 0 Å². The smallest absolute Gasteiger partial charge is 0.339 e. The van der Waals surface area contributed by atoms with Gasteiger partial charge in [0, 0.05) is 16.0 Å². The van der Waals surface area contributed by atoms with E-state index in [1.165, 1.54) is 0 Å². The highest BCUT2D eigenvalue weighted by molar-refractivity contribution is 6.30. The van der Waals surface area contributed by atoms with Crippen LogP contribution in [0.25, 0.3) is 22.2 Å². The number of carbonyl (C=O) groups excluding carboxylic acids is 1. The van der Waals surface area contributed by atoms with Gasteiger partial charge >= 0.3 is 5.97 Å². The summed E-state index contributed by atoms with van der Waals surface area (Å²) in [5.41, 5.74) is 6.09. The zero-order valence-corrected chi connectivity index (χ0v) is 17.1. The van der Waals surface area contributed by atoms with E-state index in [2.05, 4.69) is 6.07 Å². The summed E-state index contributed by atoms with van der Waals surface area (Å²) >= 11 is 6.03. The molecule has 3 nitrogen and oxygen atoms in total. The number of hydrogen-bond acceptors (Lipinski definition) is 3. The van der Waals surface area contributed by atoms with Crippen LogP contribution in [0.3, 0.4) is 0 Å². The van der Waals surface area contributed by atoms with Crippen molar-refractivity contribution in [1.82, 2.24) is 4.98 Å². The number of hydrogen-bond donors (Lipinski definition) is 0. The fraction of sp³-hybridized carbons (Fsp3) is 0.304. The zero-order valence-electron chi connectivity index (χ0n) is 16.4. The van der Waals surface area contributed by atoms with Crippen molar-refractivity contribution < 1.29 is 9.53 Å². The summed E-state index contributed by atoms with van der Waals surface area (Å²) in [6, 6.07) is 11.6. The lowest BCUT2D eigenvalue weighted by atomic mass is 9.95. The number of pyridine rings is 1. The Balaban J connectivity index is 2.28. The minimum Gasteiger partial charge on any atom is -0.462 e. The first-order chi connectivity index (χ1) is 12.8. The highest BCUT2D eigenvalue weighted by Crippen LogP contribution is 2.32. The molecular formula is C23H24ClNO2. The van der Waals surface area contributed by atoms with Crippen LogP contribution in [-0.4, -0.2) is 17.6 Å². The largest absolute Gasteiger partial charge is 0.462 e. The number of fused-ring (bicyclic) bond motifs is 1. The third-order valence-electron chi connectivity index (χ3n) is 4.54. The Hall–Kier alpha value is -2.39. The second kappa shape index (κ2) is 7.69. The van der Waals surface area contributed by atoms with Gasteiger partial charge in [0.1, 0.15) is 0 Å². The predicted octanol–water partition coefficient (Wildman–Crippen LogP) is 6.29. The Morgan fingerprint density at radius 1 is 1.11 bits per heavy atom. The van der Waals surface area contributed by atoms with Crippen molar-refractivity contribution in [2.45, 2.75) is 34.6 Å². The number of aryl methyl sites for hydroxylation is 2. The maximum Gasteiger partial charge on any atom is 0.339 e. The normalized spacial score (nSPS) is 11.2. The van der Waals surface area contributed by atoms with E-state index in [4.69, 9.17) is 21.3 Å². The number of benzene rings is 2. The Kier molecular flexibility index (Phi) is 5.52. The van der Waals surface area contributed by atoms with E-state index in [0.29, 0.717) is 17.2 Å². The van der Waals surface area contributed by atoms with Crippen molar-refractivity contribution in [3.05, 3.63) is 63.7 Å². The molecule has 0 aliphatic heterocycles. The molecule has 0 fully saturated rings. The molecule has 0 aliphatic carbocycles. The van der Waals surface area contributed by atoms with Gasteiger partial charge in [0.25, 0.3) is 0 Å². The molecule has 0 amide bonds. The van der Waals surface area contributed by atoms with Gasteiger partial charge in [-0.25, -0.2) is 9.78 Å². The molecule has 2 aromatic carbocycles. The number of ether oxygens (including phenoxy) is 1.